The summed E-state index contributed by atoms with van der Waals surface area (Å²) in [5.74, 6) is 0.529. The third-order valence-electron chi connectivity index (χ3n) is 3.53. The number of nitrogens with zero attached hydrogens (tertiary/aromatic N) is 2. The van der Waals surface area contributed by atoms with Crippen LogP contribution in [0.4, 0.5) is 5.95 Å². The molecule has 0 bridgehead atoms. The topological polar surface area (TPSA) is 79.5 Å². The van der Waals surface area contributed by atoms with Crippen molar-refractivity contribution in [2.75, 3.05) is 11.9 Å². The number of fused-ring (bicyclic) bond motifs is 1. The first-order valence-corrected chi connectivity index (χ1v) is 7.75. The van der Waals surface area contributed by atoms with Crippen LogP contribution in [0, 0.1) is 0 Å². The molecule has 1 aromatic heterocycles. The lowest BCUT2D eigenvalue weighted by atomic mass is 10.2. The standard InChI is InChI=1S/C14H17Cl2N3O3/c1-6(2)17-14-18-9-3-7(15)8(16)4-10(9)19(14)13-12(21)11(20)5-22-13/h3-4,6,11-13,20-21H,5H2,1-2H3,(H,17,18)/t11-,12+,13-/m0/s1. The van der Waals surface area contributed by atoms with E-state index in [2.05, 4.69) is 10.3 Å². The second-order valence-electron chi connectivity index (χ2n) is 5.64. The van der Waals surface area contributed by atoms with E-state index in [1.54, 1.807) is 16.7 Å². The zero-order valence-corrected chi connectivity index (χ0v) is 13.6. The van der Waals surface area contributed by atoms with Crippen LogP contribution in [0.15, 0.2) is 12.1 Å². The fourth-order valence-electron chi connectivity index (χ4n) is 2.52. The molecule has 0 aliphatic carbocycles. The van der Waals surface area contributed by atoms with Crippen LogP contribution >= 0.6 is 23.2 Å². The summed E-state index contributed by atoms with van der Waals surface area (Å²) in [5, 5.41) is 23.9. The maximum absolute atomic E-state index is 10.2. The van der Waals surface area contributed by atoms with Crippen LogP contribution in [0.3, 0.4) is 0 Å². The third kappa shape index (κ3) is 2.66. The van der Waals surface area contributed by atoms with Crippen LogP contribution in [0.2, 0.25) is 10.0 Å². The van der Waals surface area contributed by atoms with Crippen LogP contribution in [-0.2, 0) is 4.74 Å². The molecule has 1 aliphatic heterocycles. The number of hydrogen-bond donors (Lipinski definition) is 3. The van der Waals surface area contributed by atoms with Gasteiger partial charge in [-0.2, -0.15) is 0 Å². The molecule has 8 heteroatoms. The normalized spacial score (nSPS) is 25.3. The number of rotatable bonds is 3. The maximum atomic E-state index is 10.2. The summed E-state index contributed by atoms with van der Waals surface area (Å²) in [6.07, 6.45) is -2.71. The van der Waals surface area contributed by atoms with Crippen molar-refractivity contribution in [1.29, 1.82) is 0 Å². The van der Waals surface area contributed by atoms with E-state index >= 15 is 0 Å². The number of aliphatic hydroxyl groups excluding tert-OH is 2. The van der Waals surface area contributed by atoms with Crippen molar-refractivity contribution >= 4 is 40.2 Å². The Morgan fingerprint density at radius 2 is 2.00 bits per heavy atom. The number of ether oxygens (including phenoxy) is 1. The van der Waals surface area contributed by atoms with E-state index in [9.17, 15) is 10.2 Å². The molecule has 6 nitrogen and oxygen atoms in total. The average Bonchev–Trinajstić information content (AvgIpc) is 2.92. The number of anilines is 1. The van der Waals surface area contributed by atoms with Gasteiger partial charge in [-0.25, -0.2) is 4.98 Å². The first kappa shape index (κ1) is 15.8. The molecule has 2 aromatic rings. The van der Waals surface area contributed by atoms with Gasteiger partial charge in [0, 0.05) is 6.04 Å². The minimum atomic E-state index is -1.04. The number of hydrogen-bond acceptors (Lipinski definition) is 5. The summed E-state index contributed by atoms with van der Waals surface area (Å²) in [7, 11) is 0. The summed E-state index contributed by atoms with van der Waals surface area (Å²) in [6.45, 7) is 4.02. The molecular weight excluding hydrogens is 329 g/mol. The number of nitrogens with one attached hydrogen (secondary N) is 1. The van der Waals surface area contributed by atoms with Gasteiger partial charge >= 0.3 is 0 Å². The van der Waals surface area contributed by atoms with Crippen molar-refractivity contribution in [3.05, 3.63) is 22.2 Å². The van der Waals surface area contributed by atoms with E-state index in [1.807, 2.05) is 13.8 Å². The molecule has 1 aromatic carbocycles. The van der Waals surface area contributed by atoms with Crippen LogP contribution < -0.4 is 5.32 Å². The Morgan fingerprint density at radius 1 is 1.32 bits per heavy atom. The number of imidazole rings is 1. The van der Waals surface area contributed by atoms with Gasteiger partial charge in [-0.15, -0.1) is 0 Å². The Hall–Kier alpha value is -1.05. The van der Waals surface area contributed by atoms with Crippen molar-refractivity contribution in [1.82, 2.24) is 9.55 Å². The molecule has 1 aliphatic rings. The Morgan fingerprint density at radius 3 is 2.59 bits per heavy atom. The molecule has 1 fully saturated rings. The quantitative estimate of drug-likeness (QED) is 0.795. The lowest BCUT2D eigenvalue weighted by molar-refractivity contribution is -0.0148. The largest absolute Gasteiger partial charge is 0.388 e. The summed E-state index contributed by atoms with van der Waals surface area (Å²) >= 11 is 12.1. The van der Waals surface area contributed by atoms with E-state index < -0.39 is 18.4 Å². The summed E-state index contributed by atoms with van der Waals surface area (Å²) < 4.78 is 7.24. The highest BCUT2D eigenvalue weighted by molar-refractivity contribution is 6.42. The Kier molecular flexibility index (Phi) is 4.22. The highest BCUT2D eigenvalue weighted by Gasteiger charge is 2.38. The van der Waals surface area contributed by atoms with Gasteiger partial charge in [-0.3, -0.25) is 4.57 Å². The molecule has 0 spiro atoms. The minimum absolute atomic E-state index is 0.0634. The van der Waals surface area contributed by atoms with E-state index in [-0.39, 0.29) is 12.6 Å². The molecule has 22 heavy (non-hydrogen) atoms. The highest BCUT2D eigenvalue weighted by Crippen LogP contribution is 2.35. The van der Waals surface area contributed by atoms with Gasteiger partial charge in [-0.05, 0) is 26.0 Å². The van der Waals surface area contributed by atoms with Gasteiger partial charge < -0.3 is 20.3 Å². The van der Waals surface area contributed by atoms with Crippen LogP contribution in [-0.4, -0.2) is 44.6 Å². The number of halogens is 2. The SMILES string of the molecule is CC(C)Nc1nc2cc(Cl)c(Cl)cc2n1[C@H]1OC[C@H](O)[C@H]1O. The minimum Gasteiger partial charge on any atom is -0.388 e. The Labute approximate surface area is 137 Å². The van der Waals surface area contributed by atoms with Crippen molar-refractivity contribution in [3.8, 4) is 0 Å². The van der Waals surface area contributed by atoms with E-state index in [1.165, 1.54) is 0 Å². The maximum Gasteiger partial charge on any atom is 0.206 e. The van der Waals surface area contributed by atoms with Gasteiger partial charge in [-0.1, -0.05) is 23.2 Å². The van der Waals surface area contributed by atoms with E-state index in [0.29, 0.717) is 27.0 Å². The smallest absolute Gasteiger partial charge is 0.206 e. The molecule has 1 saturated heterocycles. The predicted molar refractivity (Wildman–Crippen MR) is 85.5 cm³/mol. The van der Waals surface area contributed by atoms with Crippen molar-refractivity contribution in [3.63, 3.8) is 0 Å². The number of benzene rings is 1. The monoisotopic (exact) mass is 345 g/mol. The van der Waals surface area contributed by atoms with Crippen molar-refractivity contribution in [2.45, 2.75) is 38.3 Å². The van der Waals surface area contributed by atoms with Crippen LogP contribution in [0.5, 0.6) is 0 Å². The van der Waals surface area contributed by atoms with Crippen LogP contribution in [0.1, 0.15) is 20.1 Å². The van der Waals surface area contributed by atoms with Gasteiger partial charge in [0.05, 0.1) is 27.7 Å². The molecule has 2 heterocycles. The lowest BCUT2D eigenvalue weighted by Crippen LogP contribution is -2.29. The lowest BCUT2D eigenvalue weighted by Gasteiger charge is -2.21. The van der Waals surface area contributed by atoms with E-state index in [4.69, 9.17) is 27.9 Å². The second kappa shape index (κ2) is 5.86. The second-order valence-corrected chi connectivity index (χ2v) is 6.46. The van der Waals surface area contributed by atoms with Gasteiger partial charge in [0.2, 0.25) is 5.95 Å². The molecule has 120 valence electrons. The van der Waals surface area contributed by atoms with Crippen LogP contribution in [0.25, 0.3) is 11.0 Å². The zero-order chi connectivity index (χ0) is 16.0. The fourth-order valence-corrected chi connectivity index (χ4v) is 2.84. The molecule has 0 radical (unpaired) electrons. The Balaban J connectivity index is 2.18. The van der Waals surface area contributed by atoms with E-state index in [0.717, 1.165) is 0 Å². The van der Waals surface area contributed by atoms with Gasteiger partial charge in [0.1, 0.15) is 12.2 Å². The van der Waals surface area contributed by atoms with Gasteiger partial charge in [0.15, 0.2) is 6.23 Å². The fraction of sp³-hybridized carbons (Fsp3) is 0.500. The molecule has 0 saturated carbocycles. The molecule has 0 amide bonds. The molecule has 3 N–H and O–H groups in total. The average molecular weight is 346 g/mol. The predicted octanol–water partition coefficient (Wildman–Crippen LogP) is 2.41. The highest BCUT2D eigenvalue weighted by atomic mass is 35.5. The number of aromatic nitrogens is 2. The molecular formula is C14H17Cl2N3O3. The van der Waals surface area contributed by atoms with Crippen molar-refractivity contribution < 1.29 is 14.9 Å². The Bertz CT molecular complexity index is 704. The molecule has 3 atom stereocenters. The first-order valence-electron chi connectivity index (χ1n) is 6.99. The summed E-state index contributed by atoms with van der Waals surface area (Å²) in [4.78, 5) is 4.49. The third-order valence-corrected chi connectivity index (χ3v) is 4.25. The zero-order valence-electron chi connectivity index (χ0n) is 12.1. The molecule has 3 rings (SSSR count). The van der Waals surface area contributed by atoms with Crippen molar-refractivity contribution in [2.24, 2.45) is 0 Å². The van der Waals surface area contributed by atoms with Gasteiger partial charge in [0.25, 0.3) is 0 Å². The molecule has 0 unspecified atom stereocenters. The first-order chi connectivity index (χ1) is 10.4. The summed E-state index contributed by atoms with van der Waals surface area (Å²) in [6, 6.07) is 3.47. The number of aliphatic hydroxyl groups is 2. The summed E-state index contributed by atoms with van der Waals surface area (Å²) in [5.41, 5.74) is 1.31.